The summed E-state index contributed by atoms with van der Waals surface area (Å²) in [6.45, 7) is 0. The Morgan fingerprint density at radius 2 is 1.94 bits per heavy atom. The van der Waals surface area contributed by atoms with Crippen LogP contribution in [0.1, 0.15) is 5.56 Å². The first-order valence-corrected chi connectivity index (χ1v) is 5.47. The summed E-state index contributed by atoms with van der Waals surface area (Å²) in [7, 11) is 0. The van der Waals surface area contributed by atoms with Crippen molar-refractivity contribution in [1.29, 1.82) is 0 Å². The van der Waals surface area contributed by atoms with Crippen LogP contribution in [-0.4, -0.2) is 20.9 Å². The van der Waals surface area contributed by atoms with Crippen molar-refractivity contribution in [3.8, 4) is 5.69 Å². The van der Waals surface area contributed by atoms with Gasteiger partial charge in [-0.05, 0) is 24.3 Å². The van der Waals surface area contributed by atoms with E-state index >= 15 is 0 Å². The number of benzene rings is 1. The molecule has 0 aliphatic heterocycles. The van der Waals surface area contributed by atoms with Gasteiger partial charge >= 0.3 is 5.97 Å². The highest BCUT2D eigenvalue weighted by Crippen LogP contribution is 2.24. The second-order valence-corrected chi connectivity index (χ2v) is 4.14. The van der Waals surface area contributed by atoms with Gasteiger partial charge in [-0.25, -0.2) is 4.68 Å². The van der Waals surface area contributed by atoms with E-state index in [0.717, 1.165) is 0 Å². The van der Waals surface area contributed by atoms with Gasteiger partial charge in [-0.3, -0.25) is 4.79 Å². The third-order valence-electron chi connectivity index (χ3n) is 2.45. The Hall–Kier alpha value is -2.21. The minimum absolute atomic E-state index is 0.116. The molecule has 0 aliphatic carbocycles. The highest BCUT2D eigenvalue weighted by atomic mass is 35.5. The van der Waals surface area contributed by atoms with Gasteiger partial charge < -0.3 is 16.6 Å². The number of carboxylic acids is 1. The van der Waals surface area contributed by atoms with Gasteiger partial charge in [0.05, 0.1) is 12.1 Å². The van der Waals surface area contributed by atoms with Gasteiger partial charge in [-0.1, -0.05) is 11.6 Å². The van der Waals surface area contributed by atoms with E-state index in [4.69, 9.17) is 28.2 Å². The van der Waals surface area contributed by atoms with E-state index in [0.29, 0.717) is 16.3 Å². The van der Waals surface area contributed by atoms with E-state index in [1.807, 2.05) is 0 Å². The van der Waals surface area contributed by atoms with Crippen molar-refractivity contribution in [2.24, 2.45) is 0 Å². The fourth-order valence-electron chi connectivity index (χ4n) is 1.59. The molecule has 94 valence electrons. The summed E-state index contributed by atoms with van der Waals surface area (Å²) in [5, 5.41) is 13.4. The van der Waals surface area contributed by atoms with Gasteiger partial charge in [0.1, 0.15) is 5.82 Å². The Labute approximate surface area is 108 Å². The van der Waals surface area contributed by atoms with Crippen LogP contribution in [0.15, 0.2) is 24.3 Å². The number of carboxylic acid groups (broad SMARTS) is 1. The van der Waals surface area contributed by atoms with Gasteiger partial charge in [-0.15, -0.1) is 5.10 Å². The lowest BCUT2D eigenvalue weighted by atomic mass is 10.2. The number of halogens is 1. The van der Waals surface area contributed by atoms with Crippen LogP contribution in [0.25, 0.3) is 5.69 Å². The second-order valence-electron chi connectivity index (χ2n) is 3.71. The van der Waals surface area contributed by atoms with E-state index < -0.39 is 5.97 Å². The zero-order valence-corrected chi connectivity index (χ0v) is 10.1. The molecule has 2 aromatic rings. The van der Waals surface area contributed by atoms with Gasteiger partial charge in [-0.2, -0.15) is 0 Å². The lowest BCUT2D eigenvalue weighted by molar-refractivity contribution is -0.136. The smallest absolute Gasteiger partial charge is 0.308 e. The molecule has 6 nitrogen and oxygen atoms in total. The minimum atomic E-state index is -1.01. The Balaban J connectivity index is 2.46. The van der Waals surface area contributed by atoms with E-state index in [9.17, 15) is 4.79 Å². The third-order valence-corrected chi connectivity index (χ3v) is 2.71. The first-order chi connectivity index (χ1) is 8.49. The van der Waals surface area contributed by atoms with Gasteiger partial charge in [0, 0.05) is 10.6 Å². The zero-order valence-electron chi connectivity index (χ0n) is 9.30. The number of hydrogen-bond acceptors (Lipinski definition) is 4. The molecule has 0 saturated carbocycles. The maximum Gasteiger partial charge on any atom is 0.308 e. The molecular formula is C11H11ClN4O2. The van der Waals surface area contributed by atoms with E-state index in [2.05, 4.69) is 5.10 Å². The topological polar surface area (TPSA) is 107 Å². The quantitative estimate of drug-likeness (QED) is 0.776. The summed E-state index contributed by atoms with van der Waals surface area (Å²) in [4.78, 5) is 10.7. The van der Waals surface area contributed by atoms with Crippen LogP contribution in [0.5, 0.6) is 0 Å². The lowest BCUT2D eigenvalue weighted by Crippen LogP contribution is -2.06. The summed E-state index contributed by atoms with van der Waals surface area (Å²) in [6, 6.07) is 6.81. The summed E-state index contributed by atoms with van der Waals surface area (Å²) in [5.41, 5.74) is 12.5. The third kappa shape index (κ3) is 2.23. The van der Waals surface area contributed by atoms with E-state index in [1.54, 1.807) is 24.3 Å². The number of anilines is 2. The molecule has 1 aromatic carbocycles. The van der Waals surface area contributed by atoms with Crippen LogP contribution in [0, 0.1) is 0 Å². The second kappa shape index (κ2) is 4.58. The van der Waals surface area contributed by atoms with Crippen molar-refractivity contribution in [2.75, 3.05) is 11.5 Å². The van der Waals surface area contributed by atoms with Gasteiger partial charge in [0.15, 0.2) is 5.82 Å². The molecule has 0 fully saturated rings. The largest absolute Gasteiger partial charge is 0.481 e. The van der Waals surface area contributed by atoms with Crippen LogP contribution in [0.2, 0.25) is 5.02 Å². The molecule has 0 bridgehead atoms. The number of carbonyl (C=O) groups is 1. The standard InChI is InChI=1S/C11H11ClN4O2/c12-6-1-3-7(4-2-6)16-11(14)8(5-9(17)18)10(13)15-16/h1-4H,5,14H2,(H2,13,15)(H,17,18). The number of nitrogens with zero attached hydrogens (tertiary/aromatic N) is 2. The first kappa shape index (κ1) is 12.3. The van der Waals surface area contributed by atoms with Crippen molar-refractivity contribution >= 4 is 29.2 Å². The SMILES string of the molecule is Nc1nn(-c2ccc(Cl)cc2)c(N)c1CC(=O)O. The molecule has 0 radical (unpaired) electrons. The molecule has 18 heavy (non-hydrogen) atoms. The highest BCUT2D eigenvalue weighted by Gasteiger charge is 2.16. The van der Waals surface area contributed by atoms with Crippen molar-refractivity contribution < 1.29 is 9.90 Å². The summed E-state index contributed by atoms with van der Waals surface area (Å²) in [5.74, 6) is -0.675. The number of rotatable bonds is 3. The Morgan fingerprint density at radius 3 is 2.50 bits per heavy atom. The molecular weight excluding hydrogens is 256 g/mol. The monoisotopic (exact) mass is 266 g/mol. The predicted octanol–water partition coefficient (Wildman–Crippen LogP) is 1.32. The Bertz CT molecular complexity index is 592. The molecule has 0 atom stereocenters. The van der Waals surface area contributed by atoms with Crippen LogP contribution in [0.3, 0.4) is 0 Å². The summed E-state index contributed by atoms with van der Waals surface area (Å²) in [6.07, 6.45) is -0.259. The van der Waals surface area contributed by atoms with E-state index in [1.165, 1.54) is 4.68 Å². The number of aromatic nitrogens is 2. The zero-order chi connectivity index (χ0) is 13.3. The summed E-state index contributed by atoms with van der Waals surface area (Å²) >= 11 is 5.78. The molecule has 0 spiro atoms. The van der Waals surface area contributed by atoms with Gasteiger partial charge in [0.25, 0.3) is 0 Å². The normalized spacial score (nSPS) is 10.5. The van der Waals surface area contributed by atoms with Crippen molar-refractivity contribution in [1.82, 2.24) is 9.78 Å². The molecule has 0 saturated heterocycles. The first-order valence-electron chi connectivity index (χ1n) is 5.09. The average molecular weight is 267 g/mol. The van der Waals surface area contributed by atoms with E-state index in [-0.39, 0.29) is 18.1 Å². The molecule has 1 aromatic heterocycles. The minimum Gasteiger partial charge on any atom is -0.481 e. The molecule has 7 heteroatoms. The Kier molecular flexibility index (Phi) is 3.12. The van der Waals surface area contributed by atoms with Crippen molar-refractivity contribution in [2.45, 2.75) is 6.42 Å². The average Bonchev–Trinajstić information content (AvgIpc) is 2.58. The highest BCUT2D eigenvalue weighted by molar-refractivity contribution is 6.30. The lowest BCUT2D eigenvalue weighted by Gasteiger charge is -2.04. The van der Waals surface area contributed by atoms with Crippen molar-refractivity contribution in [3.63, 3.8) is 0 Å². The summed E-state index contributed by atoms with van der Waals surface area (Å²) < 4.78 is 1.39. The van der Waals surface area contributed by atoms with Crippen LogP contribution >= 0.6 is 11.6 Å². The molecule has 0 amide bonds. The van der Waals surface area contributed by atoms with Crippen LogP contribution in [-0.2, 0) is 11.2 Å². The molecule has 0 unspecified atom stereocenters. The fourth-order valence-corrected chi connectivity index (χ4v) is 1.72. The maximum atomic E-state index is 10.7. The molecule has 1 heterocycles. The maximum absolute atomic E-state index is 10.7. The Morgan fingerprint density at radius 1 is 1.33 bits per heavy atom. The fraction of sp³-hybridized carbons (Fsp3) is 0.0909. The molecule has 2 rings (SSSR count). The van der Waals surface area contributed by atoms with Crippen LogP contribution in [0.4, 0.5) is 11.6 Å². The number of nitrogen functional groups attached to an aromatic ring is 2. The van der Waals surface area contributed by atoms with Crippen LogP contribution < -0.4 is 11.5 Å². The molecule has 5 N–H and O–H groups in total. The number of hydrogen-bond donors (Lipinski definition) is 3. The van der Waals surface area contributed by atoms with Gasteiger partial charge in [0.2, 0.25) is 0 Å². The number of aliphatic carboxylic acids is 1. The number of nitrogens with two attached hydrogens (primary N) is 2. The van der Waals surface area contributed by atoms with Crippen molar-refractivity contribution in [3.05, 3.63) is 34.9 Å². The molecule has 0 aliphatic rings. The predicted molar refractivity (Wildman–Crippen MR) is 68.7 cm³/mol.